The van der Waals surface area contributed by atoms with E-state index in [2.05, 4.69) is 10.4 Å². The predicted molar refractivity (Wildman–Crippen MR) is 116 cm³/mol. The largest absolute Gasteiger partial charge is 0.383 e. The average molecular weight is 424 g/mol. The van der Waals surface area contributed by atoms with Crippen molar-refractivity contribution in [1.29, 1.82) is 0 Å². The predicted octanol–water partition coefficient (Wildman–Crippen LogP) is 3.50. The van der Waals surface area contributed by atoms with Gasteiger partial charge in [0.05, 0.1) is 24.5 Å². The number of amides is 2. The van der Waals surface area contributed by atoms with Crippen LogP contribution in [0.3, 0.4) is 0 Å². The zero-order chi connectivity index (χ0) is 22.2. The van der Waals surface area contributed by atoms with Crippen molar-refractivity contribution in [3.8, 4) is 16.9 Å². The molecule has 0 aliphatic rings. The summed E-state index contributed by atoms with van der Waals surface area (Å²) in [7, 11) is 1.54. The molecule has 0 atom stereocenters. The molecule has 0 bridgehead atoms. The van der Waals surface area contributed by atoms with E-state index in [9.17, 15) is 14.0 Å². The van der Waals surface area contributed by atoms with Gasteiger partial charge in [-0.1, -0.05) is 37.3 Å². The second-order valence-electron chi connectivity index (χ2n) is 6.88. The van der Waals surface area contributed by atoms with Gasteiger partial charge in [0.1, 0.15) is 11.6 Å². The minimum absolute atomic E-state index is 0.106. The molecule has 1 heterocycles. The fourth-order valence-corrected chi connectivity index (χ4v) is 3.07. The standard InChI is InChI=1S/C23H25FN4O3/c1-3-23(30)27(13-14-31-2)16-22(29)25-21-15-20(17-7-5-4-6-8-17)26-28(21)19-11-9-18(24)10-12-19/h4-12,15H,3,13-14,16H2,1-2H3,(H,25,29). The van der Waals surface area contributed by atoms with Crippen LogP contribution in [0.25, 0.3) is 16.9 Å². The normalized spacial score (nSPS) is 10.7. The van der Waals surface area contributed by atoms with Crippen molar-refractivity contribution >= 4 is 17.6 Å². The molecule has 1 N–H and O–H groups in total. The first-order valence-electron chi connectivity index (χ1n) is 9.99. The van der Waals surface area contributed by atoms with E-state index in [4.69, 9.17) is 4.74 Å². The Morgan fingerprint density at radius 2 is 1.84 bits per heavy atom. The molecule has 1 aromatic heterocycles. The molecule has 3 rings (SSSR count). The maximum atomic E-state index is 13.4. The van der Waals surface area contributed by atoms with Gasteiger partial charge in [-0.25, -0.2) is 9.07 Å². The summed E-state index contributed by atoms with van der Waals surface area (Å²) in [4.78, 5) is 26.3. The average Bonchev–Trinajstić information content (AvgIpc) is 3.20. The third kappa shape index (κ3) is 5.76. The van der Waals surface area contributed by atoms with Crippen molar-refractivity contribution in [1.82, 2.24) is 14.7 Å². The van der Waals surface area contributed by atoms with Crippen molar-refractivity contribution in [2.24, 2.45) is 0 Å². The Balaban J connectivity index is 1.88. The van der Waals surface area contributed by atoms with E-state index < -0.39 is 0 Å². The van der Waals surface area contributed by atoms with Gasteiger partial charge in [-0.05, 0) is 24.3 Å². The number of ether oxygens (including phenoxy) is 1. The number of methoxy groups -OCH3 is 1. The number of hydrogen-bond acceptors (Lipinski definition) is 4. The quantitative estimate of drug-likeness (QED) is 0.570. The summed E-state index contributed by atoms with van der Waals surface area (Å²) in [6.07, 6.45) is 0.294. The molecule has 8 heteroatoms. The van der Waals surface area contributed by atoms with Gasteiger partial charge in [-0.15, -0.1) is 0 Å². The van der Waals surface area contributed by atoms with E-state index in [1.54, 1.807) is 36.9 Å². The molecular weight excluding hydrogens is 399 g/mol. The molecule has 0 fully saturated rings. The number of halogens is 1. The molecule has 2 amide bonds. The topological polar surface area (TPSA) is 76.5 Å². The van der Waals surface area contributed by atoms with Crippen LogP contribution in [0.2, 0.25) is 0 Å². The summed E-state index contributed by atoms with van der Waals surface area (Å²) in [6, 6.07) is 17.1. The number of carbonyl (C=O) groups excluding carboxylic acids is 2. The molecule has 2 aromatic carbocycles. The molecule has 0 radical (unpaired) electrons. The molecule has 3 aromatic rings. The minimum atomic E-state index is -0.364. The first kappa shape index (κ1) is 22.2. The molecule has 162 valence electrons. The number of nitrogens with zero attached hydrogens (tertiary/aromatic N) is 3. The smallest absolute Gasteiger partial charge is 0.245 e. The number of aromatic nitrogens is 2. The Bertz CT molecular complexity index is 1020. The highest BCUT2D eigenvalue weighted by Crippen LogP contribution is 2.25. The first-order valence-corrected chi connectivity index (χ1v) is 9.99. The molecule has 0 saturated heterocycles. The Hall–Kier alpha value is -3.52. The fourth-order valence-electron chi connectivity index (χ4n) is 3.07. The summed E-state index contributed by atoms with van der Waals surface area (Å²) < 4.78 is 20.0. The van der Waals surface area contributed by atoms with E-state index in [0.29, 0.717) is 36.8 Å². The number of nitrogens with one attached hydrogen (secondary N) is 1. The first-order chi connectivity index (χ1) is 15.0. The second kappa shape index (κ2) is 10.5. The van der Waals surface area contributed by atoms with Crippen LogP contribution in [0.4, 0.5) is 10.2 Å². The lowest BCUT2D eigenvalue weighted by Crippen LogP contribution is -2.39. The van der Waals surface area contributed by atoms with E-state index in [-0.39, 0.29) is 24.2 Å². The van der Waals surface area contributed by atoms with Gasteiger partial charge in [0.15, 0.2) is 0 Å². The van der Waals surface area contributed by atoms with E-state index in [0.717, 1.165) is 5.56 Å². The van der Waals surface area contributed by atoms with Gasteiger partial charge in [-0.3, -0.25) is 9.59 Å². The molecule has 0 spiro atoms. The fraction of sp³-hybridized carbons (Fsp3) is 0.261. The molecule has 0 aliphatic heterocycles. The summed E-state index contributed by atoms with van der Waals surface area (Å²) in [5.41, 5.74) is 2.13. The third-order valence-corrected chi connectivity index (χ3v) is 4.67. The lowest BCUT2D eigenvalue weighted by Gasteiger charge is -2.21. The Labute approximate surface area is 180 Å². The minimum Gasteiger partial charge on any atom is -0.383 e. The lowest BCUT2D eigenvalue weighted by atomic mass is 10.1. The van der Waals surface area contributed by atoms with Crippen molar-refractivity contribution < 1.29 is 18.7 Å². The molecular formula is C23H25FN4O3. The van der Waals surface area contributed by atoms with Gasteiger partial charge in [0, 0.05) is 31.7 Å². The summed E-state index contributed by atoms with van der Waals surface area (Å²) >= 11 is 0. The van der Waals surface area contributed by atoms with Crippen molar-refractivity contribution in [2.75, 3.05) is 32.1 Å². The number of hydrogen-bond donors (Lipinski definition) is 1. The Morgan fingerprint density at radius 1 is 1.13 bits per heavy atom. The highest BCUT2D eigenvalue weighted by atomic mass is 19.1. The Kier molecular flexibility index (Phi) is 7.50. The van der Waals surface area contributed by atoms with E-state index in [1.165, 1.54) is 17.0 Å². The van der Waals surface area contributed by atoms with E-state index >= 15 is 0 Å². The van der Waals surface area contributed by atoms with Gasteiger partial charge in [-0.2, -0.15) is 5.10 Å². The summed E-state index contributed by atoms with van der Waals surface area (Å²) in [5, 5.41) is 7.43. The van der Waals surface area contributed by atoms with E-state index in [1.807, 2.05) is 30.3 Å². The molecule has 0 unspecified atom stereocenters. The van der Waals surface area contributed by atoms with Crippen molar-refractivity contribution in [3.63, 3.8) is 0 Å². The van der Waals surface area contributed by atoms with Crippen LogP contribution in [0, 0.1) is 5.82 Å². The molecule has 0 saturated carbocycles. The number of carbonyl (C=O) groups is 2. The van der Waals surface area contributed by atoms with Gasteiger partial charge < -0.3 is 15.0 Å². The number of benzene rings is 2. The van der Waals surface area contributed by atoms with Crippen molar-refractivity contribution in [3.05, 3.63) is 66.5 Å². The van der Waals surface area contributed by atoms with Crippen LogP contribution in [0.1, 0.15) is 13.3 Å². The SMILES string of the molecule is CCC(=O)N(CCOC)CC(=O)Nc1cc(-c2ccccc2)nn1-c1ccc(F)cc1. The van der Waals surface area contributed by atoms with Crippen LogP contribution in [-0.4, -0.2) is 53.3 Å². The number of rotatable bonds is 9. The van der Waals surface area contributed by atoms with Gasteiger partial charge >= 0.3 is 0 Å². The zero-order valence-corrected chi connectivity index (χ0v) is 17.5. The highest BCUT2D eigenvalue weighted by Gasteiger charge is 2.18. The monoisotopic (exact) mass is 424 g/mol. The van der Waals surface area contributed by atoms with Gasteiger partial charge in [0.25, 0.3) is 0 Å². The summed E-state index contributed by atoms with van der Waals surface area (Å²) in [5.74, 6) is -0.437. The van der Waals surface area contributed by atoms with Crippen LogP contribution in [0.15, 0.2) is 60.7 Å². The van der Waals surface area contributed by atoms with Crippen molar-refractivity contribution in [2.45, 2.75) is 13.3 Å². The van der Waals surface area contributed by atoms with Crippen LogP contribution >= 0.6 is 0 Å². The zero-order valence-electron chi connectivity index (χ0n) is 17.5. The Morgan fingerprint density at radius 3 is 2.48 bits per heavy atom. The van der Waals surface area contributed by atoms with Crippen LogP contribution < -0.4 is 5.32 Å². The maximum absolute atomic E-state index is 13.4. The maximum Gasteiger partial charge on any atom is 0.245 e. The number of anilines is 1. The third-order valence-electron chi connectivity index (χ3n) is 4.67. The summed E-state index contributed by atoms with van der Waals surface area (Å²) in [6.45, 7) is 2.30. The van der Waals surface area contributed by atoms with Crippen LogP contribution in [0.5, 0.6) is 0 Å². The van der Waals surface area contributed by atoms with Crippen LogP contribution in [-0.2, 0) is 14.3 Å². The van der Waals surface area contributed by atoms with Gasteiger partial charge in [0.2, 0.25) is 11.8 Å². The molecule has 31 heavy (non-hydrogen) atoms. The highest BCUT2D eigenvalue weighted by molar-refractivity contribution is 5.94. The lowest BCUT2D eigenvalue weighted by molar-refractivity contribution is -0.135. The molecule has 0 aliphatic carbocycles. The molecule has 7 nitrogen and oxygen atoms in total. The second-order valence-corrected chi connectivity index (χ2v) is 6.88.